The smallest absolute Gasteiger partial charge is 0.279 e. The number of ether oxygens (including phenoxy) is 1. The summed E-state index contributed by atoms with van der Waals surface area (Å²) in [6.45, 7) is 3.35. The highest BCUT2D eigenvalue weighted by Gasteiger charge is 2.28. The zero-order valence-corrected chi connectivity index (χ0v) is 12.6. The Morgan fingerprint density at radius 2 is 2.22 bits per heavy atom. The van der Waals surface area contributed by atoms with Crippen molar-refractivity contribution in [1.82, 2.24) is 9.03 Å². The highest BCUT2D eigenvalue weighted by Crippen LogP contribution is 2.19. The van der Waals surface area contributed by atoms with Gasteiger partial charge in [-0.05, 0) is 26.2 Å². The zero-order valence-electron chi connectivity index (χ0n) is 11.1. The fourth-order valence-electron chi connectivity index (χ4n) is 2.12. The minimum atomic E-state index is -3.36. The van der Waals surface area contributed by atoms with Gasteiger partial charge in [-0.1, -0.05) is 6.42 Å². The van der Waals surface area contributed by atoms with Crippen molar-refractivity contribution >= 4 is 21.8 Å². The van der Waals surface area contributed by atoms with Crippen LogP contribution in [0.15, 0.2) is 0 Å². The van der Waals surface area contributed by atoms with E-state index < -0.39 is 10.2 Å². The third-order valence-corrected chi connectivity index (χ3v) is 5.21. The summed E-state index contributed by atoms with van der Waals surface area (Å²) in [5.74, 6) is 0. The van der Waals surface area contributed by atoms with Crippen LogP contribution in [0.2, 0.25) is 0 Å². The molecule has 1 rings (SSSR count). The Kier molecular flexibility index (Phi) is 6.87. The summed E-state index contributed by atoms with van der Waals surface area (Å²) in [7, 11) is -1.78. The van der Waals surface area contributed by atoms with E-state index in [1.165, 1.54) is 0 Å². The Morgan fingerprint density at radius 1 is 1.50 bits per heavy atom. The molecular formula is C11H23ClN2O3S. The molecule has 0 radical (unpaired) electrons. The molecular weight excluding hydrogens is 276 g/mol. The fourth-order valence-corrected chi connectivity index (χ4v) is 3.85. The summed E-state index contributed by atoms with van der Waals surface area (Å²) in [4.78, 5) is 0. The Hall–Kier alpha value is 0.120. The summed E-state index contributed by atoms with van der Waals surface area (Å²) in [6, 6.07) is 0.0852. The molecule has 0 bridgehead atoms. The first-order valence-electron chi connectivity index (χ1n) is 6.37. The van der Waals surface area contributed by atoms with Crippen molar-refractivity contribution in [1.29, 1.82) is 0 Å². The second-order valence-corrected chi connectivity index (χ2v) is 7.02. The van der Waals surface area contributed by atoms with Gasteiger partial charge < -0.3 is 4.74 Å². The molecule has 108 valence electrons. The van der Waals surface area contributed by atoms with E-state index in [0.717, 1.165) is 19.3 Å². The van der Waals surface area contributed by atoms with Crippen LogP contribution >= 0.6 is 11.6 Å². The van der Waals surface area contributed by atoms with E-state index in [1.54, 1.807) is 11.4 Å². The highest BCUT2D eigenvalue weighted by atomic mass is 35.5. The zero-order chi connectivity index (χ0) is 13.6. The van der Waals surface area contributed by atoms with Crippen LogP contribution in [-0.2, 0) is 14.9 Å². The molecule has 0 aromatic rings. The normalized spacial score (nSPS) is 24.1. The van der Waals surface area contributed by atoms with E-state index in [9.17, 15) is 8.42 Å². The van der Waals surface area contributed by atoms with E-state index >= 15 is 0 Å². The van der Waals surface area contributed by atoms with Gasteiger partial charge in [-0.15, -0.1) is 11.6 Å². The number of nitrogens with one attached hydrogen (secondary N) is 1. The summed E-state index contributed by atoms with van der Waals surface area (Å²) >= 11 is 5.95. The van der Waals surface area contributed by atoms with Gasteiger partial charge in [0.25, 0.3) is 10.2 Å². The molecule has 1 N–H and O–H groups in total. The maximum atomic E-state index is 12.1. The molecule has 0 amide bonds. The Labute approximate surface area is 115 Å². The van der Waals surface area contributed by atoms with Crippen LogP contribution < -0.4 is 4.72 Å². The first-order chi connectivity index (χ1) is 8.47. The lowest BCUT2D eigenvalue weighted by Crippen LogP contribution is -2.48. The number of piperidine rings is 1. The molecule has 1 aliphatic heterocycles. The molecule has 1 heterocycles. The first-order valence-corrected chi connectivity index (χ1v) is 8.24. The Morgan fingerprint density at radius 3 is 2.83 bits per heavy atom. The van der Waals surface area contributed by atoms with Gasteiger partial charge in [-0.2, -0.15) is 12.7 Å². The molecule has 0 aromatic carbocycles. The van der Waals surface area contributed by atoms with E-state index in [0.29, 0.717) is 26.1 Å². The Balaban J connectivity index is 2.39. The summed E-state index contributed by atoms with van der Waals surface area (Å²) in [5.41, 5.74) is 0. The molecule has 5 nitrogen and oxygen atoms in total. The van der Waals surface area contributed by atoms with Crippen LogP contribution in [-0.4, -0.2) is 50.9 Å². The van der Waals surface area contributed by atoms with Crippen molar-refractivity contribution in [3.63, 3.8) is 0 Å². The van der Waals surface area contributed by atoms with Gasteiger partial charge in [-0.3, -0.25) is 0 Å². The molecule has 2 atom stereocenters. The third-order valence-electron chi connectivity index (χ3n) is 3.14. The van der Waals surface area contributed by atoms with Gasteiger partial charge in [0.05, 0.1) is 12.0 Å². The van der Waals surface area contributed by atoms with Crippen LogP contribution in [0.3, 0.4) is 0 Å². The van der Waals surface area contributed by atoms with Crippen LogP contribution in [0.1, 0.15) is 32.6 Å². The van der Waals surface area contributed by atoms with Crippen molar-refractivity contribution in [3.8, 4) is 0 Å². The predicted molar refractivity (Wildman–Crippen MR) is 73.1 cm³/mol. The number of halogens is 1. The summed E-state index contributed by atoms with van der Waals surface area (Å²) < 4.78 is 33.2. The lowest BCUT2D eigenvalue weighted by Gasteiger charge is -2.32. The van der Waals surface area contributed by atoms with Crippen LogP contribution in [0.5, 0.6) is 0 Å². The minimum Gasteiger partial charge on any atom is -0.383 e. The monoisotopic (exact) mass is 298 g/mol. The molecule has 0 spiro atoms. The van der Waals surface area contributed by atoms with E-state index in [2.05, 4.69) is 4.72 Å². The van der Waals surface area contributed by atoms with Crippen molar-refractivity contribution in [2.45, 2.75) is 44.0 Å². The molecule has 0 saturated carbocycles. The van der Waals surface area contributed by atoms with Gasteiger partial charge in [-0.25, -0.2) is 4.72 Å². The molecule has 1 saturated heterocycles. The highest BCUT2D eigenvalue weighted by molar-refractivity contribution is 7.87. The van der Waals surface area contributed by atoms with Crippen molar-refractivity contribution in [3.05, 3.63) is 0 Å². The number of hydrogen-bond acceptors (Lipinski definition) is 3. The second kappa shape index (κ2) is 7.65. The largest absolute Gasteiger partial charge is 0.383 e. The van der Waals surface area contributed by atoms with E-state index in [-0.39, 0.29) is 11.4 Å². The van der Waals surface area contributed by atoms with Gasteiger partial charge in [0, 0.05) is 26.2 Å². The molecule has 2 unspecified atom stereocenters. The summed E-state index contributed by atoms with van der Waals surface area (Å²) in [5, 5.41) is -0.156. The van der Waals surface area contributed by atoms with E-state index in [1.807, 2.05) is 6.92 Å². The quantitative estimate of drug-likeness (QED) is 0.722. The van der Waals surface area contributed by atoms with Gasteiger partial charge in [0.1, 0.15) is 0 Å². The third kappa shape index (κ3) is 5.01. The van der Waals surface area contributed by atoms with Crippen molar-refractivity contribution in [2.75, 3.05) is 26.8 Å². The van der Waals surface area contributed by atoms with Crippen molar-refractivity contribution < 1.29 is 13.2 Å². The standard InChI is InChI=1S/C11H23ClN2O3S/c1-10-5-3-4-8-14(10)18(15,16)13-7-6-11(12)9-17-2/h10-11,13H,3-9H2,1-2H3. The number of methoxy groups -OCH3 is 1. The van der Waals surface area contributed by atoms with Crippen LogP contribution in [0.25, 0.3) is 0 Å². The number of alkyl halides is 1. The maximum absolute atomic E-state index is 12.1. The topological polar surface area (TPSA) is 58.6 Å². The van der Waals surface area contributed by atoms with Crippen molar-refractivity contribution in [2.24, 2.45) is 0 Å². The minimum absolute atomic E-state index is 0.0852. The lowest BCUT2D eigenvalue weighted by molar-refractivity contribution is 0.195. The van der Waals surface area contributed by atoms with Gasteiger partial charge in [0.2, 0.25) is 0 Å². The first kappa shape index (κ1) is 16.2. The van der Waals surface area contributed by atoms with Crippen LogP contribution in [0.4, 0.5) is 0 Å². The molecule has 0 aromatic heterocycles. The molecule has 18 heavy (non-hydrogen) atoms. The average Bonchev–Trinajstić information content (AvgIpc) is 2.29. The summed E-state index contributed by atoms with van der Waals surface area (Å²) in [6.07, 6.45) is 3.54. The number of hydrogen-bond donors (Lipinski definition) is 1. The van der Waals surface area contributed by atoms with Gasteiger partial charge >= 0.3 is 0 Å². The van der Waals surface area contributed by atoms with E-state index in [4.69, 9.17) is 16.3 Å². The average molecular weight is 299 g/mol. The predicted octanol–water partition coefficient (Wildman–Crippen LogP) is 1.34. The molecule has 0 aliphatic carbocycles. The Bertz CT molecular complexity index is 337. The molecule has 1 aliphatic rings. The molecule has 1 fully saturated rings. The maximum Gasteiger partial charge on any atom is 0.279 e. The van der Waals surface area contributed by atoms with Crippen LogP contribution in [0, 0.1) is 0 Å². The fraction of sp³-hybridized carbons (Fsp3) is 1.00. The second-order valence-electron chi connectivity index (χ2n) is 4.70. The lowest BCUT2D eigenvalue weighted by atomic mass is 10.1. The molecule has 7 heteroatoms. The number of rotatable bonds is 7. The SMILES string of the molecule is COCC(Cl)CCNS(=O)(=O)N1CCCCC1C. The van der Waals surface area contributed by atoms with Gasteiger partial charge in [0.15, 0.2) is 0 Å². The number of nitrogens with zero attached hydrogens (tertiary/aromatic N) is 1.